The van der Waals surface area contributed by atoms with E-state index in [9.17, 15) is 0 Å². The Morgan fingerprint density at radius 3 is 2.24 bits per heavy atom. The maximum absolute atomic E-state index is 3.79. The average molecular weight is 297 g/mol. The van der Waals surface area contributed by atoms with Gasteiger partial charge in [0.1, 0.15) is 0 Å². The molecule has 0 aromatic heterocycles. The molecule has 0 heterocycles. The second-order valence-corrected chi connectivity index (χ2v) is 6.39. The van der Waals surface area contributed by atoms with Gasteiger partial charge in [0.2, 0.25) is 0 Å². The van der Waals surface area contributed by atoms with Crippen molar-refractivity contribution in [2.45, 2.75) is 57.7 Å². The van der Waals surface area contributed by atoms with Crippen molar-refractivity contribution < 1.29 is 0 Å². The molecular weight excluding hydrogens is 272 g/mol. The van der Waals surface area contributed by atoms with Crippen molar-refractivity contribution in [1.82, 2.24) is 0 Å². The predicted molar refractivity (Wildman–Crippen MR) is 80.8 cm³/mol. The lowest BCUT2D eigenvalue weighted by molar-refractivity contribution is 0.554. The summed E-state index contributed by atoms with van der Waals surface area (Å²) in [5.41, 5.74) is 2.89. The molecule has 0 aliphatic rings. The van der Waals surface area contributed by atoms with Crippen molar-refractivity contribution in [3.63, 3.8) is 0 Å². The summed E-state index contributed by atoms with van der Waals surface area (Å²) in [6.45, 7) is 6.82. The fourth-order valence-electron chi connectivity index (χ4n) is 1.92. The van der Waals surface area contributed by atoms with Gasteiger partial charge >= 0.3 is 0 Å². The van der Waals surface area contributed by atoms with Gasteiger partial charge in [-0.25, -0.2) is 0 Å². The maximum Gasteiger partial charge on any atom is 0.0395 e. The topological polar surface area (TPSA) is 0 Å². The van der Waals surface area contributed by atoms with E-state index in [1.54, 1.807) is 0 Å². The van der Waals surface area contributed by atoms with E-state index in [0.29, 0.717) is 4.83 Å². The zero-order valence-electron chi connectivity index (χ0n) is 11.4. The highest BCUT2D eigenvalue weighted by atomic mass is 79.9. The first-order valence-corrected chi connectivity index (χ1v) is 7.78. The molecule has 1 heteroatoms. The standard InChI is InChI=1S/C16H25Br/c1-4-5-6-14-8-10-15(11-9-14)16(17)12-7-13(2)3/h8-11,13,16H,4-7,12H2,1-3H3. The average Bonchev–Trinajstić information content (AvgIpc) is 2.34. The van der Waals surface area contributed by atoms with Crippen LogP contribution in [0.15, 0.2) is 24.3 Å². The van der Waals surface area contributed by atoms with Crippen LogP contribution in [0.2, 0.25) is 0 Å². The van der Waals surface area contributed by atoms with Gasteiger partial charge in [-0.1, -0.05) is 67.4 Å². The van der Waals surface area contributed by atoms with Crippen LogP contribution in [-0.2, 0) is 6.42 Å². The summed E-state index contributed by atoms with van der Waals surface area (Å²) in [7, 11) is 0. The quantitative estimate of drug-likeness (QED) is 0.549. The molecule has 0 radical (unpaired) electrons. The molecule has 0 fully saturated rings. The molecule has 0 amide bonds. The van der Waals surface area contributed by atoms with Crippen LogP contribution < -0.4 is 0 Å². The highest BCUT2D eigenvalue weighted by molar-refractivity contribution is 9.09. The van der Waals surface area contributed by atoms with Gasteiger partial charge in [0.05, 0.1) is 0 Å². The lowest BCUT2D eigenvalue weighted by Crippen LogP contribution is -1.95. The van der Waals surface area contributed by atoms with Gasteiger partial charge in [-0.2, -0.15) is 0 Å². The molecular formula is C16H25Br. The largest absolute Gasteiger partial charge is 0.0839 e. The van der Waals surface area contributed by atoms with E-state index < -0.39 is 0 Å². The van der Waals surface area contributed by atoms with Crippen LogP contribution in [0, 0.1) is 5.92 Å². The van der Waals surface area contributed by atoms with Crippen LogP contribution in [0.1, 0.15) is 62.4 Å². The Morgan fingerprint density at radius 1 is 1.06 bits per heavy atom. The molecule has 0 saturated heterocycles. The third-order valence-corrected chi connectivity index (χ3v) is 4.14. The van der Waals surface area contributed by atoms with E-state index in [-0.39, 0.29) is 0 Å². The van der Waals surface area contributed by atoms with E-state index in [2.05, 4.69) is 61.0 Å². The number of alkyl halides is 1. The second-order valence-electron chi connectivity index (χ2n) is 5.28. The zero-order chi connectivity index (χ0) is 12.7. The summed E-state index contributed by atoms with van der Waals surface area (Å²) in [6, 6.07) is 9.14. The smallest absolute Gasteiger partial charge is 0.0395 e. The van der Waals surface area contributed by atoms with Crippen LogP contribution >= 0.6 is 15.9 Å². The van der Waals surface area contributed by atoms with Crippen molar-refractivity contribution in [3.8, 4) is 0 Å². The van der Waals surface area contributed by atoms with Crippen LogP contribution in [0.25, 0.3) is 0 Å². The lowest BCUT2D eigenvalue weighted by Gasteiger charge is -2.12. The molecule has 0 bridgehead atoms. The van der Waals surface area contributed by atoms with Crippen molar-refractivity contribution in [1.29, 1.82) is 0 Å². The lowest BCUT2D eigenvalue weighted by atomic mass is 10.0. The molecule has 0 N–H and O–H groups in total. The first-order valence-electron chi connectivity index (χ1n) is 6.86. The predicted octanol–water partition coefficient (Wildman–Crippen LogP) is 5.90. The third kappa shape index (κ3) is 5.72. The highest BCUT2D eigenvalue weighted by Gasteiger charge is 2.08. The summed E-state index contributed by atoms with van der Waals surface area (Å²) >= 11 is 3.79. The highest BCUT2D eigenvalue weighted by Crippen LogP contribution is 2.29. The SMILES string of the molecule is CCCCc1ccc(C(Br)CCC(C)C)cc1. The number of rotatable bonds is 7. The number of benzene rings is 1. The molecule has 1 rings (SSSR count). The Labute approximate surface area is 115 Å². The van der Waals surface area contributed by atoms with Crippen molar-refractivity contribution in [2.24, 2.45) is 5.92 Å². The van der Waals surface area contributed by atoms with Gasteiger partial charge in [0.25, 0.3) is 0 Å². The number of halogens is 1. The first-order chi connectivity index (χ1) is 8.13. The molecule has 96 valence electrons. The van der Waals surface area contributed by atoms with E-state index >= 15 is 0 Å². The van der Waals surface area contributed by atoms with E-state index in [4.69, 9.17) is 0 Å². The van der Waals surface area contributed by atoms with Crippen LogP contribution in [0.4, 0.5) is 0 Å². The summed E-state index contributed by atoms with van der Waals surface area (Å²) in [4.78, 5) is 0.519. The van der Waals surface area contributed by atoms with E-state index in [1.165, 1.54) is 43.2 Å². The molecule has 1 unspecified atom stereocenters. The fraction of sp³-hybridized carbons (Fsp3) is 0.625. The maximum atomic E-state index is 3.79. The minimum absolute atomic E-state index is 0.519. The Kier molecular flexibility index (Phi) is 6.87. The van der Waals surface area contributed by atoms with E-state index in [1.807, 2.05) is 0 Å². The van der Waals surface area contributed by atoms with Crippen molar-refractivity contribution in [3.05, 3.63) is 35.4 Å². The molecule has 0 aliphatic heterocycles. The van der Waals surface area contributed by atoms with Gasteiger partial charge in [0.15, 0.2) is 0 Å². The van der Waals surface area contributed by atoms with Crippen molar-refractivity contribution >= 4 is 15.9 Å². The fourth-order valence-corrected chi connectivity index (χ4v) is 2.49. The molecule has 1 aromatic carbocycles. The van der Waals surface area contributed by atoms with Crippen LogP contribution in [0.5, 0.6) is 0 Å². The number of hydrogen-bond donors (Lipinski definition) is 0. The molecule has 0 aliphatic carbocycles. The Bertz CT molecular complexity index is 300. The molecule has 0 saturated carbocycles. The van der Waals surface area contributed by atoms with Crippen LogP contribution in [0.3, 0.4) is 0 Å². The molecule has 0 spiro atoms. The zero-order valence-corrected chi connectivity index (χ0v) is 13.0. The number of unbranched alkanes of at least 4 members (excludes halogenated alkanes) is 1. The minimum atomic E-state index is 0.519. The van der Waals surface area contributed by atoms with Gasteiger partial charge < -0.3 is 0 Å². The first kappa shape index (κ1) is 14.8. The Morgan fingerprint density at radius 2 is 1.71 bits per heavy atom. The normalized spacial score (nSPS) is 13.0. The van der Waals surface area contributed by atoms with Crippen LogP contribution in [-0.4, -0.2) is 0 Å². The summed E-state index contributed by atoms with van der Waals surface area (Å²) in [6.07, 6.45) is 6.30. The third-order valence-electron chi connectivity index (χ3n) is 3.16. The monoisotopic (exact) mass is 296 g/mol. The molecule has 0 nitrogen and oxygen atoms in total. The second kappa shape index (κ2) is 7.92. The molecule has 17 heavy (non-hydrogen) atoms. The number of hydrogen-bond acceptors (Lipinski definition) is 0. The molecule has 1 aromatic rings. The molecule has 1 atom stereocenters. The van der Waals surface area contributed by atoms with Gasteiger partial charge in [-0.3, -0.25) is 0 Å². The van der Waals surface area contributed by atoms with Gasteiger partial charge in [0, 0.05) is 4.83 Å². The Balaban J connectivity index is 2.48. The minimum Gasteiger partial charge on any atom is -0.0839 e. The van der Waals surface area contributed by atoms with Gasteiger partial charge in [-0.15, -0.1) is 0 Å². The van der Waals surface area contributed by atoms with E-state index in [0.717, 1.165) is 5.92 Å². The summed E-state index contributed by atoms with van der Waals surface area (Å²) < 4.78 is 0. The van der Waals surface area contributed by atoms with Crippen molar-refractivity contribution in [2.75, 3.05) is 0 Å². The summed E-state index contributed by atoms with van der Waals surface area (Å²) in [5.74, 6) is 0.791. The van der Waals surface area contributed by atoms with Gasteiger partial charge in [-0.05, 0) is 42.7 Å². The number of aryl methyl sites for hydroxylation is 1. The summed E-state index contributed by atoms with van der Waals surface area (Å²) in [5, 5.41) is 0. The Hall–Kier alpha value is -0.300.